The average Bonchev–Trinajstić information content (AvgIpc) is 2.76. The predicted octanol–water partition coefficient (Wildman–Crippen LogP) is 1.40. The van der Waals surface area contributed by atoms with Crippen molar-refractivity contribution in [1.29, 1.82) is 0 Å². The van der Waals surface area contributed by atoms with Crippen LogP contribution >= 0.6 is 11.8 Å². The van der Waals surface area contributed by atoms with Gasteiger partial charge in [0.1, 0.15) is 6.54 Å². The van der Waals surface area contributed by atoms with Gasteiger partial charge in [-0.2, -0.15) is 0 Å². The Morgan fingerprint density at radius 2 is 2.17 bits per heavy atom. The van der Waals surface area contributed by atoms with Crippen molar-refractivity contribution in [2.75, 3.05) is 18.8 Å². The second kappa shape index (κ2) is 6.42. The van der Waals surface area contributed by atoms with E-state index in [0.717, 1.165) is 11.3 Å². The molecule has 0 aromatic heterocycles. The molecule has 0 bridgehead atoms. The highest BCUT2D eigenvalue weighted by atomic mass is 32.2. The van der Waals surface area contributed by atoms with Gasteiger partial charge in [0, 0.05) is 12.3 Å². The summed E-state index contributed by atoms with van der Waals surface area (Å²) in [5.74, 6) is 0.443. The first-order valence-corrected chi connectivity index (χ1v) is 6.60. The van der Waals surface area contributed by atoms with Crippen molar-refractivity contribution >= 4 is 22.9 Å². The molecule has 0 spiro atoms. The number of hydrogen-bond acceptors (Lipinski definition) is 4. The number of amides is 2. The maximum Gasteiger partial charge on any atom is 0.282 e. The van der Waals surface area contributed by atoms with Gasteiger partial charge < -0.3 is 4.90 Å². The Labute approximate surface area is 109 Å². The van der Waals surface area contributed by atoms with Gasteiger partial charge in [-0.3, -0.25) is 14.4 Å². The van der Waals surface area contributed by atoms with Crippen molar-refractivity contribution in [3.05, 3.63) is 35.9 Å². The van der Waals surface area contributed by atoms with Crippen molar-refractivity contribution in [2.45, 2.75) is 6.61 Å². The van der Waals surface area contributed by atoms with Gasteiger partial charge in [0.2, 0.25) is 0 Å². The van der Waals surface area contributed by atoms with Crippen LogP contribution in [-0.4, -0.2) is 34.9 Å². The molecular weight excluding hydrogens is 252 g/mol. The molecule has 1 heterocycles. The first kappa shape index (κ1) is 12.9. The van der Waals surface area contributed by atoms with Crippen LogP contribution in [0.25, 0.3) is 0 Å². The predicted molar refractivity (Wildman–Crippen MR) is 68.8 cm³/mol. The molecule has 1 aliphatic heterocycles. The third-order valence-corrected chi connectivity index (χ3v) is 3.34. The van der Waals surface area contributed by atoms with Gasteiger partial charge in [0.25, 0.3) is 11.1 Å². The van der Waals surface area contributed by atoms with E-state index in [9.17, 15) is 9.59 Å². The summed E-state index contributed by atoms with van der Waals surface area (Å²) in [5, 5.41) is -0.0480. The second-order valence-corrected chi connectivity index (χ2v) is 4.88. The molecule has 1 aliphatic rings. The fraction of sp³-hybridized carbons (Fsp3) is 0.333. The van der Waals surface area contributed by atoms with E-state index in [1.807, 2.05) is 30.3 Å². The zero-order chi connectivity index (χ0) is 12.8. The third kappa shape index (κ3) is 3.75. The molecular formula is C12H14N2O3S. The molecule has 1 saturated heterocycles. The SMILES string of the molecule is O=C(CN1CCSC1=O)NOCc1ccccc1. The van der Waals surface area contributed by atoms with Gasteiger partial charge in [-0.25, -0.2) is 5.48 Å². The normalized spacial score (nSPS) is 14.9. The number of rotatable bonds is 5. The van der Waals surface area contributed by atoms with E-state index in [-0.39, 0.29) is 17.7 Å². The Hall–Kier alpha value is -1.53. The molecule has 18 heavy (non-hydrogen) atoms. The zero-order valence-electron chi connectivity index (χ0n) is 9.80. The minimum absolute atomic E-state index is 0.0480. The number of nitrogens with one attached hydrogen (secondary N) is 1. The molecule has 0 atom stereocenters. The largest absolute Gasteiger partial charge is 0.323 e. The Bertz CT molecular complexity index is 425. The van der Waals surface area contributed by atoms with Crippen LogP contribution in [0.1, 0.15) is 5.56 Å². The summed E-state index contributed by atoms with van der Waals surface area (Å²) in [5.41, 5.74) is 3.31. The standard InChI is InChI=1S/C12H14N2O3S/c15-11(8-14-6-7-18-12(14)16)13-17-9-10-4-2-1-3-5-10/h1-5H,6-9H2,(H,13,15). The zero-order valence-corrected chi connectivity index (χ0v) is 10.6. The fourth-order valence-corrected chi connectivity index (χ4v) is 2.37. The lowest BCUT2D eigenvalue weighted by atomic mass is 10.2. The second-order valence-electron chi connectivity index (χ2n) is 3.84. The van der Waals surface area contributed by atoms with Crippen LogP contribution in [0, 0.1) is 0 Å². The average molecular weight is 266 g/mol. The Balaban J connectivity index is 1.67. The van der Waals surface area contributed by atoms with Crippen LogP contribution in [0.5, 0.6) is 0 Å². The topological polar surface area (TPSA) is 58.6 Å². The molecule has 0 saturated carbocycles. The Kier molecular flexibility index (Phi) is 4.60. The molecule has 0 unspecified atom stereocenters. The molecule has 2 rings (SSSR count). The molecule has 1 aromatic rings. The van der Waals surface area contributed by atoms with Crippen LogP contribution in [0.2, 0.25) is 0 Å². The first-order valence-electron chi connectivity index (χ1n) is 5.62. The number of nitrogens with zero attached hydrogens (tertiary/aromatic N) is 1. The smallest absolute Gasteiger partial charge is 0.282 e. The van der Waals surface area contributed by atoms with E-state index in [1.165, 1.54) is 16.7 Å². The number of carbonyl (C=O) groups excluding carboxylic acids is 2. The van der Waals surface area contributed by atoms with Gasteiger partial charge in [-0.1, -0.05) is 42.1 Å². The highest BCUT2D eigenvalue weighted by Gasteiger charge is 2.23. The van der Waals surface area contributed by atoms with E-state index in [2.05, 4.69) is 5.48 Å². The number of thioether (sulfide) groups is 1. The van der Waals surface area contributed by atoms with E-state index in [1.54, 1.807) is 0 Å². The lowest BCUT2D eigenvalue weighted by molar-refractivity contribution is -0.135. The van der Waals surface area contributed by atoms with E-state index < -0.39 is 0 Å². The third-order valence-electron chi connectivity index (χ3n) is 2.45. The van der Waals surface area contributed by atoms with E-state index in [4.69, 9.17) is 4.84 Å². The number of hydroxylamine groups is 1. The molecule has 1 N–H and O–H groups in total. The molecule has 0 radical (unpaired) electrons. The summed E-state index contributed by atoms with van der Waals surface area (Å²) in [4.78, 5) is 29.4. The van der Waals surface area contributed by atoms with Crippen LogP contribution in [0.4, 0.5) is 4.79 Å². The summed E-state index contributed by atoms with van der Waals surface area (Å²) >= 11 is 1.23. The lowest BCUT2D eigenvalue weighted by Gasteiger charge is -2.13. The van der Waals surface area contributed by atoms with Crippen molar-refractivity contribution in [2.24, 2.45) is 0 Å². The maximum atomic E-state index is 11.5. The minimum Gasteiger partial charge on any atom is -0.323 e. The molecule has 1 aromatic carbocycles. The summed E-state index contributed by atoms with van der Waals surface area (Å²) in [6, 6.07) is 9.54. The summed E-state index contributed by atoms with van der Waals surface area (Å²) in [7, 11) is 0. The summed E-state index contributed by atoms with van der Waals surface area (Å²) in [6.45, 7) is 0.992. The van der Waals surface area contributed by atoms with Crippen LogP contribution < -0.4 is 5.48 Å². The lowest BCUT2D eigenvalue weighted by Crippen LogP contribution is -2.37. The number of hydrogen-bond donors (Lipinski definition) is 1. The fourth-order valence-electron chi connectivity index (χ4n) is 1.55. The quantitative estimate of drug-likeness (QED) is 0.819. The molecule has 2 amide bonds. The van der Waals surface area contributed by atoms with Gasteiger partial charge in [-0.05, 0) is 5.56 Å². The molecule has 96 valence electrons. The molecule has 0 aliphatic carbocycles. The van der Waals surface area contributed by atoms with Crippen LogP contribution in [-0.2, 0) is 16.2 Å². The van der Waals surface area contributed by atoms with Crippen LogP contribution in [0.15, 0.2) is 30.3 Å². The van der Waals surface area contributed by atoms with Gasteiger partial charge in [-0.15, -0.1) is 0 Å². The number of carbonyl (C=O) groups is 2. The van der Waals surface area contributed by atoms with Gasteiger partial charge in [0.15, 0.2) is 0 Å². The monoisotopic (exact) mass is 266 g/mol. The molecule has 5 nitrogen and oxygen atoms in total. The summed E-state index contributed by atoms with van der Waals surface area (Å²) in [6.07, 6.45) is 0. The van der Waals surface area contributed by atoms with E-state index in [0.29, 0.717) is 13.2 Å². The van der Waals surface area contributed by atoms with Crippen molar-refractivity contribution in [1.82, 2.24) is 10.4 Å². The molecule has 1 fully saturated rings. The Morgan fingerprint density at radius 3 is 2.83 bits per heavy atom. The highest BCUT2D eigenvalue weighted by molar-refractivity contribution is 8.13. The Morgan fingerprint density at radius 1 is 1.39 bits per heavy atom. The minimum atomic E-state index is -0.304. The highest BCUT2D eigenvalue weighted by Crippen LogP contribution is 2.16. The van der Waals surface area contributed by atoms with Crippen molar-refractivity contribution in [3.8, 4) is 0 Å². The maximum absolute atomic E-state index is 11.5. The van der Waals surface area contributed by atoms with Crippen molar-refractivity contribution < 1.29 is 14.4 Å². The molecule has 6 heteroatoms. The van der Waals surface area contributed by atoms with Crippen molar-refractivity contribution in [3.63, 3.8) is 0 Å². The van der Waals surface area contributed by atoms with Gasteiger partial charge in [0.05, 0.1) is 6.61 Å². The van der Waals surface area contributed by atoms with Gasteiger partial charge >= 0.3 is 0 Å². The number of benzene rings is 1. The summed E-state index contributed by atoms with van der Waals surface area (Å²) < 4.78 is 0. The first-order chi connectivity index (χ1) is 8.75. The van der Waals surface area contributed by atoms with E-state index >= 15 is 0 Å². The van der Waals surface area contributed by atoms with Crippen LogP contribution in [0.3, 0.4) is 0 Å².